The van der Waals surface area contributed by atoms with Crippen LogP contribution in [0.5, 0.6) is 11.5 Å². The summed E-state index contributed by atoms with van der Waals surface area (Å²) < 4.78 is 21.1. The van der Waals surface area contributed by atoms with Crippen LogP contribution in [-0.2, 0) is 19.1 Å². The number of fused-ring (bicyclic) bond motifs is 3. The maximum atomic E-state index is 13.0. The number of hydrogen-bond acceptors (Lipinski definition) is 8. The Morgan fingerprint density at radius 2 is 1.39 bits per heavy atom. The maximum absolute atomic E-state index is 13.0. The van der Waals surface area contributed by atoms with Gasteiger partial charge in [-0.2, -0.15) is 0 Å². The Labute approximate surface area is 242 Å². The minimum absolute atomic E-state index is 0.0505. The second kappa shape index (κ2) is 14.7. The van der Waals surface area contributed by atoms with Gasteiger partial charge in [0.15, 0.2) is 0 Å². The van der Waals surface area contributed by atoms with E-state index in [0.29, 0.717) is 37.4 Å². The van der Waals surface area contributed by atoms with E-state index in [1.54, 1.807) is 0 Å². The van der Waals surface area contributed by atoms with Crippen LogP contribution in [-0.4, -0.2) is 36.9 Å². The highest BCUT2D eigenvalue weighted by Crippen LogP contribution is 2.31. The van der Waals surface area contributed by atoms with Crippen LogP contribution in [0.15, 0.2) is 103 Å². The van der Waals surface area contributed by atoms with E-state index >= 15 is 0 Å². The number of benzene rings is 4. The van der Waals surface area contributed by atoms with Crippen molar-refractivity contribution in [1.29, 1.82) is 0 Å². The number of carbonyl (C=O) groups excluding carboxylic acids is 3. The second-order valence-electron chi connectivity index (χ2n) is 8.93. The lowest BCUT2D eigenvalue weighted by atomic mass is 10.0. The highest BCUT2D eigenvalue weighted by Gasteiger charge is 2.11. The zero-order valence-electron chi connectivity index (χ0n) is 22.5. The van der Waals surface area contributed by atoms with Gasteiger partial charge in [-0.15, -0.1) is 0 Å². The first-order chi connectivity index (χ1) is 20.0. The summed E-state index contributed by atoms with van der Waals surface area (Å²) in [5.74, 6) is 0.625. The summed E-state index contributed by atoms with van der Waals surface area (Å²) in [6.07, 6.45) is 3.63. The molecule has 0 saturated heterocycles. The van der Waals surface area contributed by atoms with Gasteiger partial charge in [-0.3, -0.25) is 9.59 Å². The van der Waals surface area contributed by atoms with Gasteiger partial charge in [-0.05, 0) is 88.3 Å². The first-order valence-corrected chi connectivity index (χ1v) is 13.9. The molecule has 4 aromatic rings. The fourth-order valence-corrected chi connectivity index (χ4v) is 4.81. The van der Waals surface area contributed by atoms with Crippen LogP contribution in [0, 0.1) is 0 Å². The number of rotatable bonds is 14. The molecule has 0 spiro atoms. The fourth-order valence-electron chi connectivity index (χ4n) is 4.08. The van der Waals surface area contributed by atoms with E-state index in [1.165, 1.54) is 0 Å². The van der Waals surface area contributed by atoms with Gasteiger partial charge in [-0.25, -0.2) is 4.79 Å². The predicted octanol–water partition coefficient (Wildman–Crippen LogP) is 7.27. The normalized spacial score (nSPS) is 10.6. The van der Waals surface area contributed by atoms with Crippen molar-refractivity contribution in [3.63, 3.8) is 0 Å². The minimum Gasteiger partial charge on any atom is -0.494 e. The Morgan fingerprint density at radius 1 is 0.732 bits per heavy atom. The van der Waals surface area contributed by atoms with Crippen molar-refractivity contribution in [2.75, 3.05) is 19.8 Å². The Bertz CT molecular complexity index is 1560. The van der Waals surface area contributed by atoms with Crippen LogP contribution >= 0.6 is 11.8 Å². The predicted molar refractivity (Wildman–Crippen MR) is 160 cm³/mol. The molecule has 0 bridgehead atoms. The van der Waals surface area contributed by atoms with Crippen molar-refractivity contribution in [2.24, 2.45) is 0 Å². The van der Waals surface area contributed by atoms with E-state index in [4.69, 9.17) is 18.9 Å². The summed E-state index contributed by atoms with van der Waals surface area (Å²) >= 11 is 1.16. The molecule has 4 rings (SSSR count). The third-order valence-electron chi connectivity index (χ3n) is 6.05. The van der Waals surface area contributed by atoms with Gasteiger partial charge in [0, 0.05) is 29.4 Å². The van der Waals surface area contributed by atoms with Crippen molar-refractivity contribution in [3.8, 4) is 11.5 Å². The van der Waals surface area contributed by atoms with Crippen molar-refractivity contribution in [3.05, 3.63) is 104 Å². The number of hydrogen-bond donors (Lipinski definition) is 0. The summed E-state index contributed by atoms with van der Waals surface area (Å²) in [7, 11) is 0. The SMILES string of the molecule is C=COC(=O)CCCOc1ccc2c(ccc3cc(C(=O)Sc4ccc(OCCCOC(=O)C=C)cc4)ccc32)c1. The zero-order chi connectivity index (χ0) is 29.0. The van der Waals surface area contributed by atoms with E-state index in [9.17, 15) is 14.4 Å². The molecule has 4 aromatic carbocycles. The Hall–Kier alpha value is -4.56. The van der Waals surface area contributed by atoms with E-state index in [0.717, 1.165) is 56.3 Å². The lowest BCUT2D eigenvalue weighted by Crippen LogP contribution is -2.06. The Morgan fingerprint density at radius 3 is 2.12 bits per heavy atom. The quantitative estimate of drug-likeness (QED) is 0.0391. The first-order valence-electron chi connectivity index (χ1n) is 13.1. The second-order valence-corrected chi connectivity index (χ2v) is 9.97. The standard InChI is InChI=1S/C33H30O7S/c1-3-31(34)40-20-6-19-38-26-11-14-28(15-12-26)41-33(36)25-10-16-29-23(21-25)8-9-24-22-27(13-17-30(24)29)39-18-5-7-32(35)37-4-2/h3-4,8-17,21-22H,1-2,5-7,18-20H2. The molecule has 0 aliphatic carbocycles. The summed E-state index contributed by atoms with van der Waals surface area (Å²) in [5.41, 5.74) is 0.617. The van der Waals surface area contributed by atoms with E-state index in [1.807, 2.05) is 72.8 Å². The average molecular weight is 571 g/mol. The molecule has 0 aliphatic rings. The maximum Gasteiger partial charge on any atom is 0.330 e. The smallest absolute Gasteiger partial charge is 0.330 e. The van der Waals surface area contributed by atoms with E-state index in [-0.39, 0.29) is 24.1 Å². The summed E-state index contributed by atoms with van der Waals surface area (Å²) in [4.78, 5) is 36.3. The highest BCUT2D eigenvalue weighted by atomic mass is 32.2. The zero-order valence-corrected chi connectivity index (χ0v) is 23.3. The molecule has 0 saturated carbocycles. The largest absolute Gasteiger partial charge is 0.494 e. The molecule has 0 atom stereocenters. The molecule has 0 unspecified atom stereocenters. The molecule has 41 heavy (non-hydrogen) atoms. The first kappa shape index (κ1) is 29.4. The van der Waals surface area contributed by atoms with Gasteiger partial charge in [-0.1, -0.05) is 37.4 Å². The van der Waals surface area contributed by atoms with Crippen LogP contribution in [0.3, 0.4) is 0 Å². The summed E-state index contributed by atoms with van der Waals surface area (Å²) in [5, 5.41) is 4.05. The van der Waals surface area contributed by atoms with Gasteiger partial charge in [0.2, 0.25) is 5.12 Å². The van der Waals surface area contributed by atoms with Crippen LogP contribution in [0.4, 0.5) is 0 Å². The molecule has 0 aromatic heterocycles. The van der Waals surface area contributed by atoms with Crippen LogP contribution < -0.4 is 9.47 Å². The van der Waals surface area contributed by atoms with Crippen molar-refractivity contribution < 1.29 is 33.3 Å². The topological polar surface area (TPSA) is 88.1 Å². The fraction of sp³-hybridized carbons (Fsp3) is 0.182. The molecule has 0 radical (unpaired) electrons. The van der Waals surface area contributed by atoms with Gasteiger partial charge < -0.3 is 18.9 Å². The van der Waals surface area contributed by atoms with Gasteiger partial charge >= 0.3 is 11.9 Å². The number of carbonyl (C=O) groups is 3. The molecule has 0 aliphatic heterocycles. The number of ether oxygens (including phenoxy) is 4. The number of thioether (sulfide) groups is 1. The Kier molecular flexibility index (Phi) is 10.6. The Balaban J connectivity index is 1.33. The molecule has 8 heteroatoms. The monoisotopic (exact) mass is 570 g/mol. The molecule has 210 valence electrons. The van der Waals surface area contributed by atoms with Crippen LogP contribution in [0.2, 0.25) is 0 Å². The molecule has 0 N–H and O–H groups in total. The van der Waals surface area contributed by atoms with Gasteiger partial charge in [0.05, 0.1) is 26.1 Å². The van der Waals surface area contributed by atoms with E-state index in [2.05, 4.69) is 13.2 Å². The molecule has 7 nitrogen and oxygen atoms in total. The van der Waals surface area contributed by atoms with Crippen molar-refractivity contribution in [2.45, 2.75) is 24.2 Å². The van der Waals surface area contributed by atoms with Gasteiger partial charge in [0.25, 0.3) is 0 Å². The minimum atomic E-state index is -0.450. The lowest BCUT2D eigenvalue weighted by Gasteiger charge is -2.10. The number of esters is 2. The van der Waals surface area contributed by atoms with Crippen molar-refractivity contribution >= 4 is 50.4 Å². The summed E-state index contributed by atoms with van der Waals surface area (Å²) in [6.45, 7) is 7.80. The molecular weight excluding hydrogens is 540 g/mol. The molecule has 0 fully saturated rings. The molecule has 0 amide bonds. The average Bonchev–Trinajstić information content (AvgIpc) is 2.99. The van der Waals surface area contributed by atoms with Crippen LogP contribution in [0.25, 0.3) is 21.5 Å². The molecular formula is C33H30O7S. The summed E-state index contributed by atoms with van der Waals surface area (Å²) in [6, 6.07) is 22.9. The van der Waals surface area contributed by atoms with Gasteiger partial charge in [0.1, 0.15) is 11.5 Å². The lowest BCUT2D eigenvalue weighted by molar-refractivity contribution is -0.139. The third kappa shape index (κ3) is 8.46. The molecule has 0 heterocycles. The van der Waals surface area contributed by atoms with Crippen LogP contribution in [0.1, 0.15) is 29.6 Å². The van der Waals surface area contributed by atoms with Crippen molar-refractivity contribution in [1.82, 2.24) is 0 Å². The third-order valence-corrected chi connectivity index (χ3v) is 6.98. The van der Waals surface area contributed by atoms with E-state index < -0.39 is 5.97 Å². The highest BCUT2D eigenvalue weighted by molar-refractivity contribution is 8.14.